The first kappa shape index (κ1) is 16.1. The van der Waals surface area contributed by atoms with Crippen LogP contribution in [0.15, 0.2) is 35.1 Å². The van der Waals surface area contributed by atoms with Crippen molar-refractivity contribution in [3.05, 3.63) is 57.4 Å². The third-order valence-electron chi connectivity index (χ3n) is 4.56. The van der Waals surface area contributed by atoms with Gasteiger partial charge in [0.1, 0.15) is 0 Å². The van der Waals surface area contributed by atoms with E-state index in [4.69, 9.17) is 0 Å². The molecule has 24 heavy (non-hydrogen) atoms. The molecule has 0 unspecified atom stereocenters. The summed E-state index contributed by atoms with van der Waals surface area (Å²) in [7, 11) is 0. The quantitative estimate of drug-likeness (QED) is 0.879. The van der Waals surface area contributed by atoms with E-state index >= 15 is 0 Å². The third-order valence-corrected chi connectivity index (χ3v) is 4.56. The van der Waals surface area contributed by atoms with Gasteiger partial charge in [0.05, 0.1) is 5.56 Å². The molecule has 2 heterocycles. The number of pyridine rings is 1. The van der Waals surface area contributed by atoms with Gasteiger partial charge < -0.3 is 14.9 Å². The van der Waals surface area contributed by atoms with Gasteiger partial charge in [-0.3, -0.25) is 14.6 Å². The highest BCUT2D eigenvalue weighted by atomic mass is 16.3. The van der Waals surface area contributed by atoms with Gasteiger partial charge in [-0.25, -0.2) is 0 Å². The lowest BCUT2D eigenvalue weighted by atomic mass is 10.1. The highest BCUT2D eigenvalue weighted by molar-refractivity contribution is 5.94. The van der Waals surface area contributed by atoms with Gasteiger partial charge in [-0.15, -0.1) is 0 Å². The molecule has 0 radical (unpaired) electrons. The molecule has 0 aliphatic carbocycles. The third kappa shape index (κ3) is 3.13. The van der Waals surface area contributed by atoms with Crippen LogP contribution in [0.25, 0.3) is 0 Å². The van der Waals surface area contributed by atoms with Crippen LogP contribution in [0.5, 0.6) is 5.88 Å². The number of aromatic nitrogens is 1. The first-order chi connectivity index (χ1) is 11.5. The Labute approximate surface area is 140 Å². The van der Waals surface area contributed by atoms with Crippen molar-refractivity contribution in [1.29, 1.82) is 0 Å². The predicted molar refractivity (Wildman–Crippen MR) is 92.8 cm³/mol. The van der Waals surface area contributed by atoms with E-state index in [1.54, 1.807) is 4.90 Å². The number of nitrogens with zero attached hydrogens (tertiary/aromatic N) is 2. The van der Waals surface area contributed by atoms with Crippen molar-refractivity contribution in [3.63, 3.8) is 0 Å². The van der Waals surface area contributed by atoms with Gasteiger partial charge in [-0.05, 0) is 31.0 Å². The summed E-state index contributed by atoms with van der Waals surface area (Å²) >= 11 is 0. The van der Waals surface area contributed by atoms with Crippen LogP contribution in [0.2, 0.25) is 0 Å². The Bertz CT molecular complexity index is 820. The molecule has 1 aromatic heterocycles. The fourth-order valence-corrected chi connectivity index (χ4v) is 3.06. The van der Waals surface area contributed by atoms with Crippen molar-refractivity contribution in [2.45, 2.75) is 13.8 Å². The molecule has 2 aromatic rings. The lowest BCUT2D eigenvalue weighted by Crippen LogP contribution is -2.49. The molecular formula is C18H21N3O3. The number of hydrogen-bond donors (Lipinski definition) is 2. The van der Waals surface area contributed by atoms with E-state index in [0.717, 1.165) is 13.1 Å². The highest BCUT2D eigenvalue weighted by Crippen LogP contribution is 2.24. The van der Waals surface area contributed by atoms with Crippen LogP contribution in [0, 0.1) is 13.8 Å². The van der Waals surface area contributed by atoms with Crippen LogP contribution < -0.4 is 10.5 Å². The topological polar surface area (TPSA) is 76.6 Å². The minimum absolute atomic E-state index is 0.219. The van der Waals surface area contributed by atoms with Crippen LogP contribution in [0.4, 0.5) is 5.69 Å². The first-order valence-corrected chi connectivity index (χ1v) is 7.99. The van der Waals surface area contributed by atoms with Gasteiger partial charge in [-0.2, -0.15) is 0 Å². The second-order valence-electron chi connectivity index (χ2n) is 6.12. The van der Waals surface area contributed by atoms with Crippen molar-refractivity contribution in [1.82, 2.24) is 9.88 Å². The fourth-order valence-electron chi connectivity index (χ4n) is 3.06. The van der Waals surface area contributed by atoms with E-state index in [9.17, 15) is 14.7 Å². The van der Waals surface area contributed by atoms with Crippen molar-refractivity contribution in [2.75, 3.05) is 31.1 Å². The van der Waals surface area contributed by atoms with E-state index in [0.29, 0.717) is 13.1 Å². The molecule has 1 saturated heterocycles. The SMILES string of the molecule is Cc1cccc(N2CCN(C(=O)c3cc(O)[nH]c(=O)c3)CC2)c1C. The van der Waals surface area contributed by atoms with E-state index in [2.05, 4.69) is 35.9 Å². The summed E-state index contributed by atoms with van der Waals surface area (Å²) in [5.41, 5.74) is 3.46. The van der Waals surface area contributed by atoms with Crippen molar-refractivity contribution in [3.8, 4) is 5.88 Å². The molecule has 0 saturated carbocycles. The Morgan fingerprint density at radius 3 is 2.50 bits per heavy atom. The molecule has 6 nitrogen and oxygen atoms in total. The molecule has 6 heteroatoms. The molecule has 0 spiro atoms. The number of nitrogens with one attached hydrogen (secondary N) is 1. The van der Waals surface area contributed by atoms with E-state index in [1.165, 1.54) is 28.9 Å². The number of piperazine rings is 1. The smallest absolute Gasteiger partial charge is 0.254 e. The highest BCUT2D eigenvalue weighted by Gasteiger charge is 2.23. The van der Waals surface area contributed by atoms with Gasteiger partial charge in [0.15, 0.2) is 5.88 Å². The zero-order valence-corrected chi connectivity index (χ0v) is 13.9. The Morgan fingerprint density at radius 2 is 1.83 bits per heavy atom. The Kier molecular flexibility index (Phi) is 4.29. The molecule has 0 atom stereocenters. The number of anilines is 1. The lowest BCUT2D eigenvalue weighted by molar-refractivity contribution is 0.0746. The molecule has 1 aromatic carbocycles. The van der Waals surface area contributed by atoms with Gasteiger partial charge in [0.2, 0.25) is 0 Å². The summed E-state index contributed by atoms with van der Waals surface area (Å²) in [5.74, 6) is -0.517. The van der Waals surface area contributed by atoms with Crippen molar-refractivity contribution >= 4 is 11.6 Å². The average Bonchev–Trinajstić information content (AvgIpc) is 2.56. The summed E-state index contributed by atoms with van der Waals surface area (Å²) in [5, 5.41) is 9.45. The summed E-state index contributed by atoms with van der Waals surface area (Å²) in [6.07, 6.45) is 0. The molecular weight excluding hydrogens is 306 g/mol. The maximum Gasteiger partial charge on any atom is 0.254 e. The standard InChI is InChI=1S/C18H21N3O3/c1-12-4-3-5-15(13(12)2)20-6-8-21(9-7-20)18(24)14-10-16(22)19-17(23)11-14/h3-5,10-11H,6-9H2,1-2H3,(H2,19,22,23). The average molecular weight is 327 g/mol. The molecule has 1 aliphatic heterocycles. The number of amides is 1. The van der Waals surface area contributed by atoms with Crippen molar-refractivity contribution < 1.29 is 9.90 Å². The molecule has 2 N–H and O–H groups in total. The summed E-state index contributed by atoms with van der Waals surface area (Å²) in [4.78, 5) is 30.1. The number of hydrogen-bond acceptors (Lipinski definition) is 4. The molecule has 0 bridgehead atoms. The number of H-pyrrole nitrogens is 1. The molecule has 1 aliphatic rings. The van der Waals surface area contributed by atoms with E-state index < -0.39 is 5.56 Å². The van der Waals surface area contributed by atoms with E-state index in [-0.39, 0.29) is 17.4 Å². The number of carbonyl (C=O) groups excluding carboxylic acids is 1. The summed E-state index contributed by atoms with van der Waals surface area (Å²) < 4.78 is 0. The van der Waals surface area contributed by atoms with Crippen LogP contribution in [0.3, 0.4) is 0 Å². The molecule has 126 valence electrons. The molecule has 3 rings (SSSR count). The van der Waals surface area contributed by atoms with Crippen LogP contribution in [-0.4, -0.2) is 47.1 Å². The first-order valence-electron chi connectivity index (χ1n) is 7.99. The van der Waals surface area contributed by atoms with Gasteiger partial charge in [-0.1, -0.05) is 12.1 Å². The number of rotatable bonds is 2. The zero-order valence-electron chi connectivity index (χ0n) is 13.9. The van der Waals surface area contributed by atoms with Gasteiger partial charge >= 0.3 is 0 Å². The Hall–Kier alpha value is -2.76. The van der Waals surface area contributed by atoms with Crippen LogP contribution >= 0.6 is 0 Å². The molecule has 1 amide bonds. The second kappa shape index (κ2) is 6.39. The number of carbonyl (C=O) groups is 1. The maximum absolute atomic E-state index is 12.5. The van der Waals surface area contributed by atoms with Gasteiger partial charge in [0.25, 0.3) is 11.5 Å². The predicted octanol–water partition coefficient (Wildman–Crippen LogP) is 1.66. The number of aryl methyl sites for hydroxylation is 1. The van der Waals surface area contributed by atoms with Gasteiger partial charge in [0, 0.05) is 44.0 Å². The van der Waals surface area contributed by atoms with Crippen LogP contribution in [0.1, 0.15) is 21.5 Å². The minimum Gasteiger partial charge on any atom is -0.494 e. The summed E-state index contributed by atoms with van der Waals surface area (Å²) in [6.45, 7) is 6.86. The monoisotopic (exact) mass is 327 g/mol. The number of aromatic amines is 1. The Balaban J connectivity index is 1.72. The minimum atomic E-state index is -0.479. The van der Waals surface area contributed by atoms with Crippen LogP contribution in [-0.2, 0) is 0 Å². The largest absolute Gasteiger partial charge is 0.494 e. The Morgan fingerprint density at radius 1 is 1.12 bits per heavy atom. The number of benzene rings is 1. The second-order valence-corrected chi connectivity index (χ2v) is 6.12. The number of aromatic hydroxyl groups is 1. The normalized spacial score (nSPS) is 14.8. The summed E-state index contributed by atoms with van der Waals surface area (Å²) in [6, 6.07) is 8.76. The lowest BCUT2D eigenvalue weighted by Gasteiger charge is -2.37. The van der Waals surface area contributed by atoms with E-state index in [1.807, 2.05) is 6.07 Å². The van der Waals surface area contributed by atoms with Crippen molar-refractivity contribution in [2.24, 2.45) is 0 Å². The zero-order chi connectivity index (χ0) is 17.3. The maximum atomic E-state index is 12.5. The fraction of sp³-hybridized carbons (Fsp3) is 0.333. The molecule has 1 fully saturated rings.